The number of amides is 1. The Balaban J connectivity index is 2.31. The number of ether oxygens (including phenoxy) is 1. The lowest BCUT2D eigenvalue weighted by Gasteiger charge is -2.26. The Hall–Kier alpha value is -1.07. The number of halogens is 1. The van der Waals surface area contributed by atoms with E-state index in [-0.39, 0.29) is 12.1 Å². The number of rotatable bonds is 0. The Morgan fingerprint density at radius 3 is 2.71 bits per heavy atom. The molecule has 0 aromatic heterocycles. The zero-order valence-electron chi connectivity index (χ0n) is 13.1. The molecular formula is C16H23BrN2O2. The molecule has 1 aromatic carbocycles. The fourth-order valence-electron chi connectivity index (χ4n) is 2.62. The highest BCUT2D eigenvalue weighted by Crippen LogP contribution is 2.33. The number of hydrogen-bond acceptors (Lipinski definition) is 3. The fourth-order valence-corrected chi connectivity index (χ4v) is 3.09. The minimum Gasteiger partial charge on any atom is -0.444 e. The highest BCUT2D eigenvalue weighted by molar-refractivity contribution is 9.10. The average Bonchev–Trinajstić information content (AvgIpc) is 2.52. The molecule has 0 radical (unpaired) electrons. The van der Waals surface area contributed by atoms with Crippen molar-refractivity contribution in [2.45, 2.75) is 52.3 Å². The van der Waals surface area contributed by atoms with Gasteiger partial charge in [-0.2, -0.15) is 0 Å². The number of benzene rings is 1. The summed E-state index contributed by atoms with van der Waals surface area (Å²) in [6.45, 7) is 8.83. The van der Waals surface area contributed by atoms with Gasteiger partial charge in [0.15, 0.2) is 0 Å². The summed E-state index contributed by atoms with van der Waals surface area (Å²) in [7, 11) is 0. The summed E-state index contributed by atoms with van der Waals surface area (Å²) in [5, 5.41) is 0. The topological polar surface area (TPSA) is 55.6 Å². The van der Waals surface area contributed by atoms with Gasteiger partial charge in [0.25, 0.3) is 0 Å². The zero-order chi connectivity index (χ0) is 15.8. The molecule has 2 N–H and O–H groups in total. The van der Waals surface area contributed by atoms with Gasteiger partial charge in [0, 0.05) is 17.1 Å². The summed E-state index contributed by atoms with van der Waals surface area (Å²) in [6, 6.07) is 4.02. The van der Waals surface area contributed by atoms with Crippen LogP contribution in [0.2, 0.25) is 0 Å². The largest absolute Gasteiger partial charge is 0.444 e. The first kappa shape index (κ1) is 16.3. The summed E-state index contributed by atoms with van der Waals surface area (Å²) in [6.07, 6.45) is 0.458. The van der Waals surface area contributed by atoms with Gasteiger partial charge in [-0.05, 0) is 56.9 Å². The van der Waals surface area contributed by atoms with Crippen molar-refractivity contribution in [2.24, 2.45) is 5.73 Å². The number of carbonyl (C=O) groups is 1. The smallest absolute Gasteiger partial charge is 0.410 e. The first-order valence-corrected chi connectivity index (χ1v) is 7.99. The maximum absolute atomic E-state index is 12.3. The summed E-state index contributed by atoms with van der Waals surface area (Å²) in [5.74, 6) is 0. The van der Waals surface area contributed by atoms with Crippen molar-refractivity contribution in [1.82, 2.24) is 4.90 Å². The number of nitrogens with zero attached hydrogens (tertiary/aromatic N) is 1. The number of fused-ring (bicyclic) bond motifs is 1. The quantitative estimate of drug-likeness (QED) is 0.768. The van der Waals surface area contributed by atoms with Crippen LogP contribution in [0.5, 0.6) is 0 Å². The SMILES string of the molecule is Cc1ccc(Br)c2c1[C@H](N)CCN(C(=O)OC(C)(C)C)C2. The molecule has 0 fully saturated rings. The van der Waals surface area contributed by atoms with Crippen molar-refractivity contribution in [3.63, 3.8) is 0 Å². The van der Waals surface area contributed by atoms with Crippen molar-refractivity contribution in [2.75, 3.05) is 6.54 Å². The molecule has 0 saturated heterocycles. The van der Waals surface area contributed by atoms with Crippen molar-refractivity contribution in [3.8, 4) is 0 Å². The molecule has 0 bridgehead atoms. The molecule has 1 heterocycles. The predicted octanol–water partition coefficient (Wildman–Crippen LogP) is 3.90. The van der Waals surface area contributed by atoms with Gasteiger partial charge >= 0.3 is 6.09 Å². The van der Waals surface area contributed by atoms with E-state index in [1.165, 1.54) is 5.56 Å². The molecule has 1 aliphatic rings. The van der Waals surface area contributed by atoms with Gasteiger partial charge in [-0.15, -0.1) is 0 Å². The normalized spacial score (nSPS) is 19.0. The molecule has 2 rings (SSSR count). The van der Waals surface area contributed by atoms with E-state index in [0.717, 1.165) is 22.0 Å². The maximum atomic E-state index is 12.3. The van der Waals surface area contributed by atoms with E-state index in [1.807, 2.05) is 26.8 Å². The van der Waals surface area contributed by atoms with E-state index < -0.39 is 5.60 Å². The van der Waals surface area contributed by atoms with Crippen molar-refractivity contribution >= 4 is 22.0 Å². The maximum Gasteiger partial charge on any atom is 0.410 e. The lowest BCUT2D eigenvalue weighted by molar-refractivity contribution is 0.0234. The van der Waals surface area contributed by atoms with Crippen LogP contribution in [0.3, 0.4) is 0 Å². The molecule has 1 atom stereocenters. The minimum atomic E-state index is -0.488. The molecule has 1 aromatic rings. The minimum absolute atomic E-state index is 0.0510. The average molecular weight is 355 g/mol. The van der Waals surface area contributed by atoms with Crippen molar-refractivity contribution < 1.29 is 9.53 Å². The monoisotopic (exact) mass is 354 g/mol. The van der Waals surface area contributed by atoms with E-state index in [1.54, 1.807) is 4.90 Å². The standard InChI is InChI=1S/C16H23BrN2O2/c1-10-5-6-12(17)11-9-19(8-7-13(18)14(10)11)15(20)21-16(2,3)4/h5-6,13H,7-9,18H2,1-4H3/t13-/m1/s1. The van der Waals surface area contributed by atoms with Crippen molar-refractivity contribution in [1.29, 1.82) is 0 Å². The van der Waals surface area contributed by atoms with Crippen LogP contribution in [-0.4, -0.2) is 23.1 Å². The second kappa shape index (κ2) is 5.97. The lowest BCUT2D eigenvalue weighted by Crippen LogP contribution is -2.36. The number of nitrogens with two attached hydrogens (primary N) is 1. The Morgan fingerprint density at radius 1 is 1.43 bits per heavy atom. The molecule has 1 aliphatic heterocycles. The van der Waals surface area contributed by atoms with Gasteiger partial charge in [-0.1, -0.05) is 22.0 Å². The highest BCUT2D eigenvalue weighted by Gasteiger charge is 2.28. The summed E-state index contributed by atoms with van der Waals surface area (Å²) < 4.78 is 6.48. The third kappa shape index (κ3) is 3.77. The van der Waals surface area contributed by atoms with Crippen LogP contribution in [0.25, 0.3) is 0 Å². The number of hydrogen-bond donors (Lipinski definition) is 1. The van der Waals surface area contributed by atoms with E-state index in [4.69, 9.17) is 10.5 Å². The van der Waals surface area contributed by atoms with Gasteiger partial charge in [0.05, 0.1) is 6.54 Å². The molecular weight excluding hydrogens is 332 g/mol. The Morgan fingerprint density at radius 2 is 2.10 bits per heavy atom. The van der Waals surface area contributed by atoms with Crippen LogP contribution in [-0.2, 0) is 11.3 Å². The second-order valence-electron chi connectivity index (χ2n) is 6.55. The summed E-state index contributed by atoms with van der Waals surface area (Å²) in [5.41, 5.74) is 9.23. The highest BCUT2D eigenvalue weighted by atomic mass is 79.9. The van der Waals surface area contributed by atoms with Gasteiger partial charge in [-0.25, -0.2) is 4.79 Å². The third-order valence-corrected chi connectivity index (χ3v) is 4.34. The predicted molar refractivity (Wildman–Crippen MR) is 87.1 cm³/mol. The van der Waals surface area contributed by atoms with Gasteiger partial charge in [0.1, 0.15) is 5.60 Å². The van der Waals surface area contributed by atoms with Crippen LogP contribution in [0.1, 0.15) is 49.9 Å². The van der Waals surface area contributed by atoms with E-state index in [2.05, 4.69) is 28.9 Å². The van der Waals surface area contributed by atoms with Gasteiger partial charge in [0.2, 0.25) is 0 Å². The number of aryl methyl sites for hydroxylation is 1. The molecule has 116 valence electrons. The molecule has 21 heavy (non-hydrogen) atoms. The zero-order valence-corrected chi connectivity index (χ0v) is 14.7. The van der Waals surface area contributed by atoms with Crippen LogP contribution >= 0.6 is 15.9 Å². The Labute approximate surface area is 134 Å². The lowest BCUT2D eigenvalue weighted by atomic mass is 9.95. The summed E-state index contributed by atoms with van der Waals surface area (Å²) in [4.78, 5) is 14.1. The Kier molecular flexibility index (Phi) is 4.63. The van der Waals surface area contributed by atoms with Crippen LogP contribution < -0.4 is 5.73 Å². The Bertz CT molecular complexity index is 552. The first-order chi connectivity index (χ1) is 9.69. The number of carbonyl (C=O) groups excluding carboxylic acids is 1. The van der Waals surface area contributed by atoms with Crippen LogP contribution in [0.15, 0.2) is 16.6 Å². The second-order valence-corrected chi connectivity index (χ2v) is 7.41. The molecule has 0 aliphatic carbocycles. The third-order valence-electron chi connectivity index (χ3n) is 3.60. The van der Waals surface area contributed by atoms with Crippen molar-refractivity contribution in [3.05, 3.63) is 33.3 Å². The molecule has 0 saturated carbocycles. The fraction of sp³-hybridized carbons (Fsp3) is 0.562. The van der Waals surface area contributed by atoms with Gasteiger partial charge < -0.3 is 15.4 Å². The van der Waals surface area contributed by atoms with Crippen LogP contribution in [0.4, 0.5) is 4.79 Å². The first-order valence-electron chi connectivity index (χ1n) is 7.20. The molecule has 0 spiro atoms. The molecule has 1 amide bonds. The molecule has 5 heteroatoms. The van der Waals surface area contributed by atoms with E-state index >= 15 is 0 Å². The van der Waals surface area contributed by atoms with Gasteiger partial charge in [-0.3, -0.25) is 0 Å². The van der Waals surface area contributed by atoms with Crippen LogP contribution in [0, 0.1) is 6.92 Å². The van der Waals surface area contributed by atoms with E-state index in [0.29, 0.717) is 13.1 Å². The summed E-state index contributed by atoms with van der Waals surface area (Å²) >= 11 is 3.58. The molecule has 0 unspecified atom stereocenters. The molecule has 4 nitrogen and oxygen atoms in total. The van der Waals surface area contributed by atoms with E-state index in [9.17, 15) is 4.79 Å².